The Kier molecular flexibility index (Phi) is 5.41. The fourth-order valence-electron chi connectivity index (χ4n) is 4.01. The summed E-state index contributed by atoms with van der Waals surface area (Å²) >= 11 is 0. The van der Waals surface area contributed by atoms with Gasteiger partial charge >= 0.3 is 0 Å². The molecule has 2 fully saturated rings. The summed E-state index contributed by atoms with van der Waals surface area (Å²) < 4.78 is 14.0. The Morgan fingerprint density at radius 1 is 1.04 bits per heavy atom. The number of piperidine rings is 1. The molecule has 2 aliphatic rings. The van der Waals surface area contributed by atoms with Gasteiger partial charge in [0.2, 0.25) is 5.95 Å². The van der Waals surface area contributed by atoms with Gasteiger partial charge < -0.3 is 14.7 Å². The van der Waals surface area contributed by atoms with Crippen molar-refractivity contribution in [2.45, 2.75) is 19.8 Å². The van der Waals surface area contributed by atoms with Gasteiger partial charge in [-0.15, -0.1) is 0 Å². The first-order chi connectivity index (χ1) is 13.6. The molecule has 1 atom stereocenters. The highest BCUT2D eigenvalue weighted by molar-refractivity contribution is 5.93. The molecule has 0 bridgehead atoms. The highest BCUT2D eigenvalue weighted by Gasteiger charge is 2.24. The third-order valence-corrected chi connectivity index (χ3v) is 5.59. The summed E-state index contributed by atoms with van der Waals surface area (Å²) in [6.07, 6.45) is 5.50. The Hall–Kier alpha value is -2.70. The highest BCUT2D eigenvalue weighted by atomic mass is 19.1. The minimum atomic E-state index is -0.193. The van der Waals surface area contributed by atoms with E-state index in [4.69, 9.17) is 0 Å². The molecule has 1 aromatic carbocycles. The van der Waals surface area contributed by atoms with Crippen molar-refractivity contribution in [1.29, 1.82) is 0 Å². The van der Waals surface area contributed by atoms with E-state index in [-0.39, 0.29) is 11.7 Å². The number of piperazine rings is 1. The van der Waals surface area contributed by atoms with Crippen LogP contribution in [-0.2, 0) is 0 Å². The van der Waals surface area contributed by atoms with Gasteiger partial charge in [0.25, 0.3) is 5.91 Å². The van der Waals surface area contributed by atoms with Gasteiger partial charge in [-0.25, -0.2) is 14.4 Å². The zero-order valence-electron chi connectivity index (χ0n) is 16.2. The molecule has 0 spiro atoms. The standard InChI is InChI=1S/C21H26FN5O/c1-16-5-4-8-27(15-16)20(28)17-13-23-21(24-14-17)26-11-9-25(10-12-26)19-7-3-2-6-18(19)22/h2-3,6-7,13-14,16H,4-5,8-12,15H2,1H3. The van der Waals surface area contributed by atoms with Gasteiger partial charge in [-0.3, -0.25) is 4.79 Å². The monoisotopic (exact) mass is 383 g/mol. The SMILES string of the molecule is CC1CCCN(C(=O)c2cnc(N3CCN(c4ccccc4F)CC3)nc2)C1. The molecule has 1 unspecified atom stereocenters. The quantitative estimate of drug-likeness (QED) is 0.816. The first-order valence-electron chi connectivity index (χ1n) is 9.97. The van der Waals surface area contributed by atoms with E-state index in [1.807, 2.05) is 21.9 Å². The van der Waals surface area contributed by atoms with Gasteiger partial charge in [-0.2, -0.15) is 0 Å². The van der Waals surface area contributed by atoms with E-state index in [1.54, 1.807) is 18.5 Å². The average molecular weight is 383 g/mol. The molecule has 4 rings (SSSR count). The maximum Gasteiger partial charge on any atom is 0.257 e. The van der Waals surface area contributed by atoms with E-state index in [2.05, 4.69) is 21.8 Å². The van der Waals surface area contributed by atoms with Gasteiger partial charge in [-0.05, 0) is 30.9 Å². The van der Waals surface area contributed by atoms with Crippen LogP contribution in [0.1, 0.15) is 30.1 Å². The van der Waals surface area contributed by atoms with Crippen molar-refractivity contribution < 1.29 is 9.18 Å². The van der Waals surface area contributed by atoms with Gasteiger partial charge in [-0.1, -0.05) is 19.1 Å². The van der Waals surface area contributed by atoms with Crippen LogP contribution in [-0.4, -0.2) is 60.0 Å². The second-order valence-electron chi connectivity index (χ2n) is 7.70. The summed E-state index contributed by atoms with van der Waals surface area (Å²) in [7, 11) is 0. The molecule has 28 heavy (non-hydrogen) atoms. The normalized spacial score (nSPS) is 20.4. The number of nitrogens with zero attached hydrogens (tertiary/aromatic N) is 5. The first kappa shape index (κ1) is 18.7. The van der Waals surface area contributed by atoms with Crippen LogP contribution < -0.4 is 9.80 Å². The average Bonchev–Trinajstić information content (AvgIpc) is 2.74. The van der Waals surface area contributed by atoms with Crippen LogP contribution >= 0.6 is 0 Å². The van der Waals surface area contributed by atoms with Gasteiger partial charge in [0.05, 0.1) is 11.3 Å². The molecule has 1 amide bonds. The molecule has 2 aliphatic heterocycles. The van der Waals surface area contributed by atoms with E-state index in [0.717, 1.165) is 19.5 Å². The Bertz CT molecular complexity index is 820. The lowest BCUT2D eigenvalue weighted by atomic mass is 10.00. The number of amides is 1. The molecule has 148 valence electrons. The van der Waals surface area contributed by atoms with Crippen molar-refractivity contribution in [3.63, 3.8) is 0 Å². The van der Waals surface area contributed by atoms with Crippen molar-refractivity contribution >= 4 is 17.5 Å². The smallest absolute Gasteiger partial charge is 0.257 e. The Morgan fingerprint density at radius 2 is 1.71 bits per heavy atom. The Morgan fingerprint density at radius 3 is 2.39 bits per heavy atom. The van der Waals surface area contributed by atoms with E-state index in [1.165, 1.54) is 12.5 Å². The molecule has 2 aromatic rings. The minimum Gasteiger partial charge on any atom is -0.366 e. The Labute approximate surface area is 165 Å². The number of halogens is 1. The topological polar surface area (TPSA) is 52.6 Å². The summed E-state index contributed by atoms with van der Waals surface area (Å²) in [5.41, 5.74) is 1.18. The third kappa shape index (κ3) is 3.93. The lowest BCUT2D eigenvalue weighted by molar-refractivity contribution is 0.0682. The molecular formula is C21H26FN5O. The fourth-order valence-corrected chi connectivity index (χ4v) is 4.01. The molecule has 0 aliphatic carbocycles. The second kappa shape index (κ2) is 8.12. The van der Waals surface area contributed by atoms with Crippen molar-refractivity contribution in [2.75, 3.05) is 49.1 Å². The van der Waals surface area contributed by atoms with Crippen LogP contribution in [0.5, 0.6) is 0 Å². The summed E-state index contributed by atoms with van der Waals surface area (Å²) in [6, 6.07) is 6.86. The van der Waals surface area contributed by atoms with Crippen molar-refractivity contribution in [1.82, 2.24) is 14.9 Å². The molecule has 3 heterocycles. The van der Waals surface area contributed by atoms with Crippen LogP contribution in [0.2, 0.25) is 0 Å². The first-order valence-corrected chi connectivity index (χ1v) is 9.97. The van der Waals surface area contributed by atoms with E-state index < -0.39 is 0 Å². The third-order valence-electron chi connectivity index (χ3n) is 5.59. The number of carbonyl (C=O) groups is 1. The lowest BCUT2D eigenvalue weighted by Crippen LogP contribution is -2.47. The van der Waals surface area contributed by atoms with Crippen LogP contribution in [0.15, 0.2) is 36.7 Å². The molecule has 7 heteroatoms. The number of likely N-dealkylation sites (tertiary alicyclic amines) is 1. The van der Waals surface area contributed by atoms with Gasteiger partial charge in [0, 0.05) is 51.7 Å². The number of para-hydroxylation sites is 1. The minimum absolute atomic E-state index is 0.0162. The number of aromatic nitrogens is 2. The zero-order valence-corrected chi connectivity index (χ0v) is 16.2. The number of carbonyl (C=O) groups excluding carboxylic acids is 1. The number of benzene rings is 1. The highest BCUT2D eigenvalue weighted by Crippen LogP contribution is 2.22. The Balaban J connectivity index is 1.37. The predicted molar refractivity (Wildman–Crippen MR) is 107 cm³/mol. The van der Waals surface area contributed by atoms with E-state index >= 15 is 0 Å². The van der Waals surface area contributed by atoms with Crippen LogP contribution in [0, 0.1) is 11.7 Å². The largest absolute Gasteiger partial charge is 0.366 e. The summed E-state index contributed by atoms with van der Waals surface area (Å²) in [6.45, 7) is 6.63. The molecule has 2 saturated heterocycles. The predicted octanol–water partition coefficient (Wildman–Crippen LogP) is 2.81. The van der Waals surface area contributed by atoms with Crippen LogP contribution in [0.3, 0.4) is 0 Å². The van der Waals surface area contributed by atoms with Gasteiger partial charge in [0.15, 0.2) is 0 Å². The van der Waals surface area contributed by atoms with Crippen LogP contribution in [0.25, 0.3) is 0 Å². The zero-order chi connectivity index (χ0) is 19.5. The number of rotatable bonds is 3. The lowest BCUT2D eigenvalue weighted by Gasteiger charge is -2.36. The summed E-state index contributed by atoms with van der Waals surface area (Å²) in [5, 5.41) is 0. The van der Waals surface area contributed by atoms with E-state index in [0.29, 0.717) is 49.3 Å². The number of hydrogen-bond acceptors (Lipinski definition) is 5. The maximum atomic E-state index is 14.0. The van der Waals surface area contributed by atoms with Crippen molar-refractivity contribution in [3.05, 3.63) is 48.0 Å². The molecule has 1 aromatic heterocycles. The maximum absolute atomic E-state index is 14.0. The molecule has 0 N–H and O–H groups in total. The summed E-state index contributed by atoms with van der Waals surface area (Å²) in [5.74, 6) is 0.991. The van der Waals surface area contributed by atoms with Gasteiger partial charge in [0.1, 0.15) is 5.82 Å². The van der Waals surface area contributed by atoms with Crippen molar-refractivity contribution in [2.24, 2.45) is 5.92 Å². The number of anilines is 2. The number of hydrogen-bond donors (Lipinski definition) is 0. The van der Waals surface area contributed by atoms with Crippen LogP contribution in [0.4, 0.5) is 16.0 Å². The summed E-state index contributed by atoms with van der Waals surface area (Å²) in [4.78, 5) is 27.5. The van der Waals surface area contributed by atoms with Crippen molar-refractivity contribution in [3.8, 4) is 0 Å². The molecule has 6 nitrogen and oxygen atoms in total. The van der Waals surface area contributed by atoms with E-state index in [9.17, 15) is 9.18 Å². The molecular weight excluding hydrogens is 357 g/mol. The second-order valence-corrected chi connectivity index (χ2v) is 7.70. The molecule has 0 radical (unpaired) electrons. The molecule has 0 saturated carbocycles. The fraction of sp³-hybridized carbons (Fsp3) is 0.476.